The first-order chi connectivity index (χ1) is 6.09. The molecule has 1 aromatic heterocycles. The van der Waals surface area contributed by atoms with Gasteiger partial charge in [-0.1, -0.05) is 0 Å². The van der Waals surface area contributed by atoms with Crippen LogP contribution in [0.3, 0.4) is 0 Å². The number of aryl methyl sites for hydroxylation is 2. The Labute approximate surface area is 78.2 Å². The normalized spacial score (nSPS) is 10.8. The van der Waals surface area contributed by atoms with Gasteiger partial charge in [-0.05, 0) is 33.8 Å². The highest BCUT2D eigenvalue weighted by atomic mass is 16.4. The number of hydrogen-bond donors (Lipinski definition) is 0. The summed E-state index contributed by atoms with van der Waals surface area (Å²) in [7, 11) is 0. The molecule has 0 aliphatic heterocycles. The summed E-state index contributed by atoms with van der Waals surface area (Å²) < 4.78 is 5.33. The van der Waals surface area contributed by atoms with Crippen molar-refractivity contribution in [2.24, 2.45) is 9.98 Å². The molecule has 13 heavy (non-hydrogen) atoms. The van der Waals surface area contributed by atoms with E-state index in [1.54, 1.807) is 0 Å². The molecule has 0 radical (unpaired) electrons. The highest BCUT2D eigenvalue weighted by Gasteiger charge is 2.00. The van der Waals surface area contributed by atoms with Gasteiger partial charge in [-0.3, -0.25) is 0 Å². The molecule has 0 bridgehead atoms. The van der Waals surface area contributed by atoms with Crippen LogP contribution in [-0.2, 0) is 0 Å². The minimum absolute atomic E-state index is 0.641. The molecule has 1 rings (SSSR count). The summed E-state index contributed by atoms with van der Waals surface area (Å²) in [6, 6.07) is 1.95. The van der Waals surface area contributed by atoms with Crippen molar-refractivity contribution < 1.29 is 4.42 Å². The van der Waals surface area contributed by atoms with E-state index in [0.29, 0.717) is 5.88 Å². The number of aliphatic imine (C=N–C) groups is 2. The maximum absolute atomic E-state index is 5.33. The van der Waals surface area contributed by atoms with Gasteiger partial charge >= 0.3 is 0 Å². The first kappa shape index (κ1) is 9.71. The van der Waals surface area contributed by atoms with Gasteiger partial charge in [0.15, 0.2) is 0 Å². The van der Waals surface area contributed by atoms with Crippen LogP contribution in [-0.4, -0.2) is 12.1 Å². The molecule has 1 heterocycles. The van der Waals surface area contributed by atoms with Crippen LogP contribution < -0.4 is 0 Å². The molecular formula is C10H14N2O. The molecule has 70 valence electrons. The fourth-order valence-electron chi connectivity index (χ4n) is 0.954. The third-order valence-electron chi connectivity index (χ3n) is 1.51. The van der Waals surface area contributed by atoms with Crippen LogP contribution in [0.4, 0.5) is 5.88 Å². The van der Waals surface area contributed by atoms with Crippen LogP contribution in [0, 0.1) is 13.8 Å². The quantitative estimate of drug-likeness (QED) is 0.506. The zero-order chi connectivity index (χ0) is 9.84. The SMILES string of the molecule is CC(C)=N/C=N\c1oc(C)cc1C. The topological polar surface area (TPSA) is 37.9 Å². The molecule has 0 spiro atoms. The Hall–Kier alpha value is -1.38. The molecule has 1 aromatic rings. The lowest BCUT2D eigenvalue weighted by Gasteiger charge is -1.86. The molecule has 0 aliphatic rings. The van der Waals surface area contributed by atoms with Crippen molar-refractivity contribution >= 4 is 17.9 Å². The van der Waals surface area contributed by atoms with E-state index in [-0.39, 0.29) is 0 Å². The van der Waals surface area contributed by atoms with E-state index >= 15 is 0 Å². The van der Waals surface area contributed by atoms with Crippen molar-refractivity contribution in [2.75, 3.05) is 0 Å². The van der Waals surface area contributed by atoms with Crippen LogP contribution in [0.5, 0.6) is 0 Å². The van der Waals surface area contributed by atoms with Crippen molar-refractivity contribution in [1.82, 2.24) is 0 Å². The Bertz CT molecular complexity index is 344. The van der Waals surface area contributed by atoms with Crippen molar-refractivity contribution in [1.29, 1.82) is 0 Å². The van der Waals surface area contributed by atoms with E-state index in [0.717, 1.165) is 17.0 Å². The third-order valence-corrected chi connectivity index (χ3v) is 1.51. The van der Waals surface area contributed by atoms with Crippen LogP contribution in [0.1, 0.15) is 25.2 Å². The molecule has 0 aliphatic carbocycles. The molecule has 0 aromatic carbocycles. The molecule has 0 fully saturated rings. The zero-order valence-corrected chi connectivity index (χ0v) is 8.46. The fourth-order valence-corrected chi connectivity index (χ4v) is 0.954. The van der Waals surface area contributed by atoms with Gasteiger partial charge in [0.1, 0.15) is 12.1 Å². The lowest BCUT2D eigenvalue weighted by Crippen LogP contribution is -1.79. The van der Waals surface area contributed by atoms with Gasteiger partial charge in [-0.2, -0.15) is 0 Å². The van der Waals surface area contributed by atoms with Gasteiger partial charge in [-0.25, -0.2) is 9.98 Å². The van der Waals surface area contributed by atoms with Crippen molar-refractivity contribution in [3.8, 4) is 0 Å². The molecule has 0 unspecified atom stereocenters. The van der Waals surface area contributed by atoms with Gasteiger partial charge in [0.2, 0.25) is 5.88 Å². The third kappa shape index (κ3) is 2.86. The predicted octanol–water partition coefficient (Wildman–Crippen LogP) is 3.04. The van der Waals surface area contributed by atoms with E-state index in [1.807, 2.05) is 33.8 Å². The monoisotopic (exact) mass is 178 g/mol. The van der Waals surface area contributed by atoms with Gasteiger partial charge in [0, 0.05) is 11.3 Å². The Kier molecular flexibility index (Phi) is 3.01. The highest BCUT2D eigenvalue weighted by Crippen LogP contribution is 2.21. The Morgan fingerprint density at radius 3 is 2.54 bits per heavy atom. The van der Waals surface area contributed by atoms with E-state index < -0.39 is 0 Å². The molecule has 0 saturated heterocycles. The number of furan rings is 1. The van der Waals surface area contributed by atoms with Crippen LogP contribution in [0.25, 0.3) is 0 Å². The summed E-state index contributed by atoms with van der Waals surface area (Å²) in [6.45, 7) is 7.71. The molecule has 0 amide bonds. The second kappa shape index (κ2) is 4.03. The Morgan fingerprint density at radius 2 is 2.08 bits per heavy atom. The number of rotatable bonds is 2. The van der Waals surface area contributed by atoms with E-state index in [1.165, 1.54) is 6.34 Å². The van der Waals surface area contributed by atoms with E-state index in [2.05, 4.69) is 9.98 Å². The van der Waals surface area contributed by atoms with Crippen molar-refractivity contribution in [3.63, 3.8) is 0 Å². The largest absolute Gasteiger partial charge is 0.443 e. The van der Waals surface area contributed by atoms with E-state index in [4.69, 9.17) is 4.42 Å². The second-order valence-corrected chi connectivity index (χ2v) is 3.17. The highest BCUT2D eigenvalue weighted by molar-refractivity contribution is 5.86. The second-order valence-electron chi connectivity index (χ2n) is 3.17. The maximum atomic E-state index is 5.33. The molecule has 0 N–H and O–H groups in total. The molecule has 0 atom stereocenters. The summed E-state index contributed by atoms with van der Waals surface area (Å²) >= 11 is 0. The Morgan fingerprint density at radius 1 is 1.38 bits per heavy atom. The fraction of sp³-hybridized carbons (Fsp3) is 0.400. The lowest BCUT2D eigenvalue weighted by atomic mass is 10.3. The number of nitrogens with zero attached hydrogens (tertiary/aromatic N) is 2. The minimum atomic E-state index is 0.641. The predicted molar refractivity (Wildman–Crippen MR) is 55.1 cm³/mol. The van der Waals surface area contributed by atoms with Crippen LogP contribution >= 0.6 is 0 Å². The first-order valence-electron chi connectivity index (χ1n) is 4.20. The first-order valence-corrected chi connectivity index (χ1v) is 4.20. The molecule has 3 nitrogen and oxygen atoms in total. The van der Waals surface area contributed by atoms with Crippen molar-refractivity contribution in [2.45, 2.75) is 27.7 Å². The van der Waals surface area contributed by atoms with Crippen LogP contribution in [0.2, 0.25) is 0 Å². The molecule has 3 heteroatoms. The van der Waals surface area contributed by atoms with Gasteiger partial charge in [0.05, 0.1) is 0 Å². The van der Waals surface area contributed by atoms with Gasteiger partial charge in [-0.15, -0.1) is 0 Å². The van der Waals surface area contributed by atoms with Gasteiger partial charge < -0.3 is 4.42 Å². The van der Waals surface area contributed by atoms with Crippen molar-refractivity contribution in [3.05, 3.63) is 17.4 Å². The summed E-state index contributed by atoms with van der Waals surface area (Å²) in [5.41, 5.74) is 2.02. The lowest BCUT2D eigenvalue weighted by molar-refractivity contribution is 0.544. The zero-order valence-electron chi connectivity index (χ0n) is 8.46. The Balaban J connectivity index is 2.80. The average molecular weight is 178 g/mol. The average Bonchev–Trinajstić information content (AvgIpc) is 2.29. The standard InChI is InChI=1S/C10H14N2O/c1-7(2)11-6-12-10-8(3)5-9(4)13-10/h5-6H,1-4H3/b12-6-. The number of hydrogen-bond acceptors (Lipinski definition) is 2. The summed E-state index contributed by atoms with van der Waals surface area (Å²) in [6.07, 6.45) is 1.51. The summed E-state index contributed by atoms with van der Waals surface area (Å²) in [5, 5.41) is 0. The molecule has 0 saturated carbocycles. The maximum Gasteiger partial charge on any atom is 0.223 e. The van der Waals surface area contributed by atoms with E-state index in [9.17, 15) is 0 Å². The smallest absolute Gasteiger partial charge is 0.223 e. The summed E-state index contributed by atoms with van der Waals surface area (Å²) in [4.78, 5) is 8.12. The molecular weight excluding hydrogens is 164 g/mol. The van der Waals surface area contributed by atoms with Gasteiger partial charge in [0.25, 0.3) is 0 Å². The summed E-state index contributed by atoms with van der Waals surface area (Å²) in [5.74, 6) is 1.52. The minimum Gasteiger partial charge on any atom is -0.443 e. The van der Waals surface area contributed by atoms with Crippen LogP contribution in [0.15, 0.2) is 20.5 Å².